The number of para-hydroxylation sites is 1. The highest BCUT2D eigenvalue weighted by atomic mass is 32.2. The quantitative estimate of drug-likeness (QED) is 0.912. The largest absolute Gasteiger partial charge is 0.487 e. The molecule has 0 saturated carbocycles. The molecule has 2 nitrogen and oxygen atoms in total. The molecule has 0 bridgehead atoms. The van der Waals surface area contributed by atoms with Gasteiger partial charge in [-0.05, 0) is 44.9 Å². The Morgan fingerprint density at radius 1 is 1.30 bits per heavy atom. The summed E-state index contributed by atoms with van der Waals surface area (Å²) in [7, 11) is 0. The molecule has 0 aromatic heterocycles. The van der Waals surface area contributed by atoms with Crippen LogP contribution in [0.4, 0.5) is 0 Å². The van der Waals surface area contributed by atoms with Crippen LogP contribution in [0.2, 0.25) is 0 Å². The number of ether oxygens (including phenoxy) is 1. The van der Waals surface area contributed by atoms with Crippen LogP contribution >= 0.6 is 11.8 Å². The Kier molecular flexibility index (Phi) is 3.76. The van der Waals surface area contributed by atoms with E-state index in [0.717, 1.165) is 25.3 Å². The van der Waals surface area contributed by atoms with Gasteiger partial charge in [-0.2, -0.15) is 11.8 Å². The molecule has 0 radical (unpaired) electrons. The first-order chi connectivity index (χ1) is 9.48. The van der Waals surface area contributed by atoms with Gasteiger partial charge in [0.15, 0.2) is 0 Å². The second-order valence-electron chi connectivity index (χ2n) is 6.95. The summed E-state index contributed by atoms with van der Waals surface area (Å²) in [5.74, 6) is 2.44. The Hall–Kier alpha value is -0.670. The Bertz CT molecular complexity index is 492. The third kappa shape index (κ3) is 2.99. The van der Waals surface area contributed by atoms with Gasteiger partial charge in [0.1, 0.15) is 11.4 Å². The smallest absolute Gasteiger partial charge is 0.127 e. The SMILES string of the molecule is CC1(C)Cc2cccc(CNCC3(C)CCCS3)c2O1. The predicted molar refractivity (Wildman–Crippen MR) is 86.7 cm³/mol. The molecule has 0 spiro atoms. The van der Waals surface area contributed by atoms with E-state index in [9.17, 15) is 0 Å². The minimum Gasteiger partial charge on any atom is -0.487 e. The second kappa shape index (κ2) is 5.27. The van der Waals surface area contributed by atoms with Crippen LogP contribution in [0.1, 0.15) is 44.7 Å². The van der Waals surface area contributed by atoms with Crippen molar-refractivity contribution in [1.82, 2.24) is 5.32 Å². The lowest BCUT2D eigenvalue weighted by atomic mass is 10.0. The first kappa shape index (κ1) is 14.3. The predicted octanol–water partition coefficient (Wildman–Crippen LogP) is 3.78. The Labute approximate surface area is 126 Å². The van der Waals surface area contributed by atoms with E-state index in [1.165, 1.54) is 29.7 Å². The first-order valence-corrected chi connectivity index (χ1v) is 8.61. The zero-order chi connectivity index (χ0) is 14.2. The van der Waals surface area contributed by atoms with Gasteiger partial charge in [-0.15, -0.1) is 0 Å². The molecular formula is C17H25NOS. The monoisotopic (exact) mass is 291 g/mol. The summed E-state index contributed by atoms with van der Waals surface area (Å²) in [6, 6.07) is 6.55. The zero-order valence-corrected chi connectivity index (χ0v) is 13.6. The van der Waals surface area contributed by atoms with Crippen molar-refractivity contribution in [2.24, 2.45) is 0 Å². The summed E-state index contributed by atoms with van der Waals surface area (Å²) < 4.78 is 6.56. The molecule has 0 aliphatic carbocycles. The fraction of sp³-hybridized carbons (Fsp3) is 0.647. The van der Waals surface area contributed by atoms with E-state index in [1.807, 2.05) is 0 Å². The van der Waals surface area contributed by atoms with Crippen molar-refractivity contribution in [2.75, 3.05) is 12.3 Å². The minimum absolute atomic E-state index is 0.0499. The molecule has 1 unspecified atom stereocenters. The molecule has 2 aliphatic heterocycles. The molecule has 1 aromatic carbocycles. The number of benzene rings is 1. The molecule has 1 aromatic rings. The normalized spacial score (nSPS) is 27.4. The molecule has 1 N–H and O–H groups in total. The van der Waals surface area contributed by atoms with Crippen molar-refractivity contribution in [2.45, 2.75) is 56.9 Å². The number of rotatable bonds is 4. The van der Waals surface area contributed by atoms with Gasteiger partial charge in [-0.1, -0.05) is 18.2 Å². The summed E-state index contributed by atoms with van der Waals surface area (Å²) in [5, 5.41) is 3.64. The van der Waals surface area contributed by atoms with Gasteiger partial charge >= 0.3 is 0 Å². The van der Waals surface area contributed by atoms with Crippen molar-refractivity contribution < 1.29 is 4.74 Å². The van der Waals surface area contributed by atoms with E-state index in [1.54, 1.807) is 0 Å². The van der Waals surface area contributed by atoms with Gasteiger partial charge in [0.05, 0.1) is 0 Å². The van der Waals surface area contributed by atoms with Crippen molar-refractivity contribution >= 4 is 11.8 Å². The molecule has 3 rings (SSSR count). The molecule has 2 heterocycles. The lowest BCUT2D eigenvalue weighted by molar-refractivity contribution is 0.137. The number of thioether (sulfide) groups is 1. The van der Waals surface area contributed by atoms with E-state index in [0.29, 0.717) is 4.75 Å². The maximum Gasteiger partial charge on any atom is 0.127 e. The lowest BCUT2D eigenvalue weighted by Crippen LogP contribution is -2.32. The molecule has 3 heteroatoms. The fourth-order valence-corrected chi connectivity index (χ4v) is 4.53. The highest BCUT2D eigenvalue weighted by molar-refractivity contribution is 8.00. The van der Waals surface area contributed by atoms with Crippen LogP contribution in [-0.2, 0) is 13.0 Å². The topological polar surface area (TPSA) is 21.3 Å². The maximum atomic E-state index is 6.13. The standard InChI is InChI=1S/C17H25NOS/c1-16(2)10-13-6-4-7-14(15(13)19-16)11-18-12-17(3)8-5-9-20-17/h4,6-7,18H,5,8-12H2,1-3H3. The molecule has 0 amide bonds. The molecule has 110 valence electrons. The van der Waals surface area contributed by atoms with Crippen LogP contribution in [0.5, 0.6) is 5.75 Å². The minimum atomic E-state index is -0.0499. The van der Waals surface area contributed by atoms with Gasteiger partial charge in [0.2, 0.25) is 0 Å². The summed E-state index contributed by atoms with van der Waals surface area (Å²) in [5.41, 5.74) is 2.61. The summed E-state index contributed by atoms with van der Waals surface area (Å²) in [6.07, 6.45) is 3.71. The van der Waals surface area contributed by atoms with Crippen LogP contribution in [0.25, 0.3) is 0 Å². The molecule has 2 aliphatic rings. The number of fused-ring (bicyclic) bond motifs is 1. The third-order valence-corrected chi connectivity index (χ3v) is 5.83. The number of hydrogen-bond donors (Lipinski definition) is 1. The maximum absolute atomic E-state index is 6.13. The average Bonchev–Trinajstić information content (AvgIpc) is 2.92. The van der Waals surface area contributed by atoms with E-state index in [-0.39, 0.29) is 5.60 Å². The third-order valence-electron chi connectivity index (χ3n) is 4.29. The van der Waals surface area contributed by atoms with Crippen molar-refractivity contribution in [3.05, 3.63) is 29.3 Å². The first-order valence-electron chi connectivity index (χ1n) is 7.62. The molecule has 1 saturated heterocycles. The van der Waals surface area contributed by atoms with E-state index in [2.05, 4.69) is 56.0 Å². The van der Waals surface area contributed by atoms with Gasteiger partial charge in [-0.3, -0.25) is 0 Å². The Balaban J connectivity index is 1.63. The van der Waals surface area contributed by atoms with Crippen LogP contribution in [0.3, 0.4) is 0 Å². The van der Waals surface area contributed by atoms with Gasteiger partial charge in [0.25, 0.3) is 0 Å². The highest BCUT2D eigenvalue weighted by Gasteiger charge is 2.32. The van der Waals surface area contributed by atoms with Crippen molar-refractivity contribution in [1.29, 1.82) is 0 Å². The molecule has 20 heavy (non-hydrogen) atoms. The van der Waals surface area contributed by atoms with E-state index >= 15 is 0 Å². The highest BCUT2D eigenvalue weighted by Crippen LogP contribution is 2.39. The fourth-order valence-electron chi connectivity index (χ4n) is 3.26. The summed E-state index contributed by atoms with van der Waals surface area (Å²) in [4.78, 5) is 0. The second-order valence-corrected chi connectivity index (χ2v) is 8.63. The van der Waals surface area contributed by atoms with Crippen molar-refractivity contribution in [3.63, 3.8) is 0 Å². The molecule has 1 atom stereocenters. The summed E-state index contributed by atoms with van der Waals surface area (Å²) >= 11 is 2.11. The summed E-state index contributed by atoms with van der Waals surface area (Å²) in [6.45, 7) is 8.72. The number of hydrogen-bond acceptors (Lipinski definition) is 3. The lowest BCUT2D eigenvalue weighted by Gasteiger charge is -2.23. The zero-order valence-electron chi connectivity index (χ0n) is 12.8. The molecule has 1 fully saturated rings. The van der Waals surface area contributed by atoms with Gasteiger partial charge < -0.3 is 10.1 Å². The Morgan fingerprint density at radius 2 is 2.15 bits per heavy atom. The van der Waals surface area contributed by atoms with Gasteiger partial charge in [-0.25, -0.2) is 0 Å². The average molecular weight is 291 g/mol. The van der Waals surface area contributed by atoms with E-state index in [4.69, 9.17) is 4.74 Å². The van der Waals surface area contributed by atoms with Crippen LogP contribution in [-0.4, -0.2) is 22.6 Å². The van der Waals surface area contributed by atoms with Crippen LogP contribution < -0.4 is 10.1 Å². The Morgan fingerprint density at radius 3 is 2.90 bits per heavy atom. The molecular weight excluding hydrogens is 266 g/mol. The van der Waals surface area contributed by atoms with Crippen LogP contribution in [0.15, 0.2) is 18.2 Å². The van der Waals surface area contributed by atoms with E-state index < -0.39 is 0 Å². The van der Waals surface area contributed by atoms with Gasteiger partial charge in [0, 0.05) is 29.8 Å². The van der Waals surface area contributed by atoms with Crippen LogP contribution in [0, 0.1) is 0 Å². The number of nitrogens with one attached hydrogen (secondary N) is 1. The van der Waals surface area contributed by atoms with Crippen molar-refractivity contribution in [3.8, 4) is 5.75 Å².